The first kappa shape index (κ1) is 18.1. The van der Waals surface area contributed by atoms with Crippen molar-refractivity contribution in [3.8, 4) is 11.1 Å². The molecule has 0 aliphatic rings. The van der Waals surface area contributed by atoms with E-state index in [2.05, 4.69) is 45.5 Å². The Labute approximate surface area is 167 Å². The van der Waals surface area contributed by atoms with Crippen molar-refractivity contribution in [2.45, 2.75) is 20.4 Å². The normalized spacial score (nSPS) is 11.0. The minimum Gasteiger partial charge on any atom is -0.309 e. The van der Waals surface area contributed by atoms with Gasteiger partial charge in [0.15, 0.2) is 5.65 Å². The molecule has 4 rings (SSSR count). The lowest BCUT2D eigenvalue weighted by molar-refractivity contribution is -0.116. The summed E-state index contributed by atoms with van der Waals surface area (Å²) in [6, 6.07) is 13.6. The van der Waals surface area contributed by atoms with Crippen LogP contribution in [0.25, 0.3) is 22.2 Å². The third-order valence-corrected chi connectivity index (χ3v) is 4.65. The summed E-state index contributed by atoms with van der Waals surface area (Å²) in [6.45, 7) is 4.03. The van der Waals surface area contributed by atoms with Gasteiger partial charge in [-0.25, -0.2) is 14.6 Å². The van der Waals surface area contributed by atoms with Crippen LogP contribution in [0.1, 0.15) is 11.3 Å². The summed E-state index contributed by atoms with van der Waals surface area (Å²) >= 11 is 5.82. The minimum atomic E-state index is -0.234. The number of aromatic nitrogens is 4. The van der Waals surface area contributed by atoms with E-state index in [1.165, 1.54) is 11.8 Å². The average Bonchev–Trinajstić information content (AvgIpc) is 2.99. The van der Waals surface area contributed by atoms with Crippen LogP contribution in [-0.4, -0.2) is 25.7 Å². The molecule has 4 aromatic rings. The van der Waals surface area contributed by atoms with Gasteiger partial charge in [-0.3, -0.25) is 4.79 Å². The Morgan fingerprint density at radius 3 is 2.75 bits per heavy atom. The van der Waals surface area contributed by atoms with Crippen LogP contribution in [0.15, 0.2) is 54.9 Å². The highest BCUT2D eigenvalue weighted by molar-refractivity contribution is 6.30. The van der Waals surface area contributed by atoms with Crippen molar-refractivity contribution in [2.75, 3.05) is 5.32 Å². The second-order valence-electron chi connectivity index (χ2n) is 6.58. The highest BCUT2D eigenvalue weighted by Crippen LogP contribution is 2.30. The Bertz CT molecular complexity index is 1170. The molecule has 0 aliphatic heterocycles. The minimum absolute atomic E-state index is 0.0406. The molecule has 28 heavy (non-hydrogen) atoms. The summed E-state index contributed by atoms with van der Waals surface area (Å²) < 4.78 is 1.62. The second kappa shape index (κ2) is 7.40. The van der Waals surface area contributed by atoms with Gasteiger partial charge >= 0.3 is 0 Å². The van der Waals surface area contributed by atoms with E-state index in [9.17, 15) is 4.79 Å². The van der Waals surface area contributed by atoms with Crippen LogP contribution in [-0.2, 0) is 11.3 Å². The number of aryl methyl sites for hydroxylation is 2. The fourth-order valence-electron chi connectivity index (χ4n) is 3.21. The zero-order chi connectivity index (χ0) is 19.7. The number of amides is 1. The molecule has 0 saturated heterocycles. The van der Waals surface area contributed by atoms with Gasteiger partial charge in [0.2, 0.25) is 5.91 Å². The van der Waals surface area contributed by atoms with Crippen molar-refractivity contribution >= 4 is 34.4 Å². The number of nitrogens with zero attached hydrogens (tertiary/aromatic N) is 4. The molecule has 0 radical (unpaired) electrons. The second-order valence-corrected chi connectivity index (χ2v) is 7.02. The van der Waals surface area contributed by atoms with Gasteiger partial charge in [0.1, 0.15) is 12.4 Å². The molecule has 0 aliphatic carbocycles. The van der Waals surface area contributed by atoms with Crippen LogP contribution < -0.4 is 5.32 Å². The van der Waals surface area contributed by atoms with Crippen molar-refractivity contribution in [1.29, 1.82) is 0 Å². The molecule has 3 heterocycles. The Hall–Kier alpha value is -3.25. The van der Waals surface area contributed by atoms with Gasteiger partial charge in [0.05, 0.1) is 10.7 Å². The van der Waals surface area contributed by atoms with Crippen LogP contribution in [0.3, 0.4) is 0 Å². The van der Waals surface area contributed by atoms with E-state index < -0.39 is 0 Å². The molecular formula is C21H18ClN5O. The zero-order valence-electron chi connectivity index (χ0n) is 15.5. The Morgan fingerprint density at radius 1 is 1.14 bits per heavy atom. The van der Waals surface area contributed by atoms with Crippen molar-refractivity contribution < 1.29 is 4.79 Å². The molecule has 0 bridgehead atoms. The largest absolute Gasteiger partial charge is 0.309 e. The Balaban J connectivity index is 1.66. The zero-order valence-corrected chi connectivity index (χ0v) is 16.2. The van der Waals surface area contributed by atoms with Crippen LogP contribution >= 0.6 is 11.6 Å². The number of fused-ring (bicyclic) bond motifs is 1. The molecule has 7 heteroatoms. The summed E-state index contributed by atoms with van der Waals surface area (Å²) in [5, 5.41) is 8.76. The predicted octanol–water partition coefficient (Wildman–Crippen LogP) is 4.40. The van der Waals surface area contributed by atoms with Crippen molar-refractivity contribution in [2.24, 2.45) is 0 Å². The summed E-state index contributed by atoms with van der Waals surface area (Å²) in [4.78, 5) is 21.0. The summed E-state index contributed by atoms with van der Waals surface area (Å²) in [5.41, 5.74) is 4.84. The molecule has 0 spiro atoms. The van der Waals surface area contributed by atoms with E-state index in [-0.39, 0.29) is 12.5 Å². The van der Waals surface area contributed by atoms with Gasteiger partial charge in [-0.15, -0.1) is 0 Å². The lowest BCUT2D eigenvalue weighted by Crippen LogP contribution is -2.20. The Morgan fingerprint density at radius 2 is 2.00 bits per heavy atom. The number of hydrogen-bond donors (Lipinski definition) is 1. The predicted molar refractivity (Wildman–Crippen MR) is 110 cm³/mol. The van der Waals surface area contributed by atoms with E-state index in [1.807, 2.05) is 19.1 Å². The maximum atomic E-state index is 12.4. The first-order chi connectivity index (χ1) is 13.5. The van der Waals surface area contributed by atoms with Gasteiger partial charge < -0.3 is 5.32 Å². The molecule has 0 saturated carbocycles. The number of rotatable bonds is 4. The molecule has 140 valence electrons. The summed E-state index contributed by atoms with van der Waals surface area (Å²) in [6.07, 6.45) is 3.23. The first-order valence-corrected chi connectivity index (χ1v) is 9.19. The summed E-state index contributed by atoms with van der Waals surface area (Å²) in [7, 11) is 0. The van der Waals surface area contributed by atoms with E-state index in [1.54, 1.807) is 23.0 Å². The fourth-order valence-corrected chi connectivity index (χ4v) is 3.32. The number of halogens is 1. The monoisotopic (exact) mass is 391 g/mol. The van der Waals surface area contributed by atoms with Crippen LogP contribution in [0.2, 0.25) is 5.02 Å². The lowest BCUT2D eigenvalue weighted by atomic mass is 10.0. The number of pyridine rings is 2. The third kappa shape index (κ3) is 3.59. The molecule has 0 atom stereocenters. The quantitative estimate of drug-likeness (QED) is 0.559. The molecular weight excluding hydrogens is 374 g/mol. The maximum Gasteiger partial charge on any atom is 0.247 e. The molecule has 0 fully saturated rings. The molecule has 0 unspecified atom stereocenters. The molecule has 1 N–H and O–H groups in total. The SMILES string of the molecule is Cc1cccc(-c2ccnc3c2c(C)nn3CC(=O)Nc2ccc(Cl)cn2)c1. The smallest absolute Gasteiger partial charge is 0.247 e. The van der Waals surface area contributed by atoms with E-state index in [4.69, 9.17) is 11.6 Å². The first-order valence-electron chi connectivity index (χ1n) is 8.82. The van der Waals surface area contributed by atoms with Gasteiger partial charge in [0, 0.05) is 17.8 Å². The highest BCUT2D eigenvalue weighted by Gasteiger charge is 2.16. The number of carbonyl (C=O) groups is 1. The van der Waals surface area contributed by atoms with Crippen molar-refractivity contribution in [1.82, 2.24) is 19.7 Å². The van der Waals surface area contributed by atoms with Gasteiger partial charge in [-0.2, -0.15) is 5.10 Å². The Kier molecular flexibility index (Phi) is 4.79. The summed E-state index contributed by atoms with van der Waals surface area (Å²) in [5.74, 6) is 0.206. The van der Waals surface area contributed by atoms with Gasteiger partial charge in [-0.1, -0.05) is 41.4 Å². The fraction of sp³-hybridized carbons (Fsp3) is 0.143. The number of nitrogens with one attached hydrogen (secondary N) is 1. The molecule has 3 aromatic heterocycles. The molecule has 1 amide bonds. The number of anilines is 1. The van der Waals surface area contributed by atoms with Crippen molar-refractivity contribution in [3.63, 3.8) is 0 Å². The van der Waals surface area contributed by atoms with E-state index >= 15 is 0 Å². The van der Waals surface area contributed by atoms with Gasteiger partial charge in [0.25, 0.3) is 0 Å². The van der Waals surface area contributed by atoms with Crippen LogP contribution in [0.5, 0.6) is 0 Å². The van der Waals surface area contributed by atoms with E-state index in [0.29, 0.717) is 16.5 Å². The lowest BCUT2D eigenvalue weighted by Gasteiger charge is -2.07. The third-order valence-electron chi connectivity index (χ3n) is 4.43. The van der Waals surface area contributed by atoms with E-state index in [0.717, 1.165) is 22.2 Å². The molecule has 1 aromatic carbocycles. The van der Waals surface area contributed by atoms with Crippen LogP contribution in [0, 0.1) is 13.8 Å². The standard InChI is InChI=1S/C21H18ClN5O/c1-13-4-3-5-15(10-13)17-8-9-23-21-20(17)14(2)26-27(21)12-19(28)25-18-7-6-16(22)11-24-18/h3-11H,12H2,1-2H3,(H,24,25,28). The highest BCUT2D eigenvalue weighted by atomic mass is 35.5. The van der Waals surface area contributed by atoms with Crippen molar-refractivity contribution in [3.05, 3.63) is 71.1 Å². The maximum absolute atomic E-state index is 12.4. The number of hydrogen-bond acceptors (Lipinski definition) is 4. The molecule has 6 nitrogen and oxygen atoms in total. The number of benzene rings is 1. The number of carbonyl (C=O) groups excluding carboxylic acids is 1. The topological polar surface area (TPSA) is 72.7 Å². The van der Waals surface area contributed by atoms with Gasteiger partial charge in [-0.05, 0) is 43.2 Å². The average molecular weight is 392 g/mol. The van der Waals surface area contributed by atoms with Crippen LogP contribution in [0.4, 0.5) is 5.82 Å².